The van der Waals surface area contributed by atoms with E-state index in [-0.39, 0.29) is 5.91 Å². The lowest BCUT2D eigenvalue weighted by atomic mass is 9.98. The Morgan fingerprint density at radius 1 is 1.45 bits per heavy atom. The van der Waals surface area contributed by atoms with E-state index in [1.807, 2.05) is 29.2 Å². The maximum Gasteiger partial charge on any atom is 0.219 e. The molecule has 0 radical (unpaired) electrons. The van der Waals surface area contributed by atoms with Gasteiger partial charge in [-0.3, -0.25) is 4.79 Å². The number of piperidine rings is 1. The molecule has 0 N–H and O–H groups in total. The maximum atomic E-state index is 11.6. The highest BCUT2D eigenvalue weighted by molar-refractivity contribution is 7.10. The summed E-state index contributed by atoms with van der Waals surface area (Å²) in [6, 6.07) is 7.96. The molecule has 2 aromatic rings. The van der Waals surface area contributed by atoms with E-state index in [0.29, 0.717) is 5.92 Å². The third kappa shape index (κ3) is 3.14. The molecule has 1 saturated heterocycles. The summed E-state index contributed by atoms with van der Waals surface area (Å²) < 4.78 is 5.27. The third-order valence-electron chi connectivity index (χ3n) is 4.10. The first-order valence-corrected chi connectivity index (χ1v) is 8.40. The van der Waals surface area contributed by atoms with E-state index in [1.54, 1.807) is 25.4 Å². The first kappa shape index (κ1) is 15.0. The number of ether oxygens (including phenoxy) is 1. The maximum absolute atomic E-state index is 11.6. The number of hydrogen-bond donors (Lipinski definition) is 0. The van der Waals surface area contributed by atoms with Crippen LogP contribution in [0.3, 0.4) is 0 Å². The van der Waals surface area contributed by atoms with Crippen LogP contribution in [-0.2, 0) is 4.79 Å². The minimum atomic E-state index is 0.161. The monoisotopic (exact) mass is 316 g/mol. The number of thiazole rings is 1. The fraction of sp³-hybridized carbons (Fsp3) is 0.412. The molecule has 22 heavy (non-hydrogen) atoms. The highest BCUT2D eigenvalue weighted by Crippen LogP contribution is 2.32. The van der Waals surface area contributed by atoms with Crippen molar-refractivity contribution in [3.05, 3.63) is 34.7 Å². The van der Waals surface area contributed by atoms with Gasteiger partial charge in [-0.25, -0.2) is 4.98 Å². The van der Waals surface area contributed by atoms with Gasteiger partial charge in [0, 0.05) is 36.9 Å². The van der Waals surface area contributed by atoms with E-state index in [4.69, 9.17) is 9.72 Å². The van der Waals surface area contributed by atoms with Crippen LogP contribution in [0.1, 0.15) is 30.7 Å². The fourth-order valence-corrected chi connectivity index (χ4v) is 3.81. The van der Waals surface area contributed by atoms with Gasteiger partial charge in [0.15, 0.2) is 0 Å². The van der Waals surface area contributed by atoms with E-state index in [2.05, 4.69) is 5.38 Å². The second-order valence-electron chi connectivity index (χ2n) is 5.61. The number of aromatic nitrogens is 1. The molecule has 0 bridgehead atoms. The summed E-state index contributed by atoms with van der Waals surface area (Å²) in [5.74, 6) is 1.36. The van der Waals surface area contributed by atoms with Crippen molar-refractivity contribution >= 4 is 17.2 Å². The number of methoxy groups -OCH3 is 1. The lowest BCUT2D eigenvalue weighted by Crippen LogP contribution is -2.37. The Balaban J connectivity index is 1.79. The molecule has 1 aliphatic rings. The Hall–Kier alpha value is -1.88. The minimum Gasteiger partial charge on any atom is -0.497 e. The van der Waals surface area contributed by atoms with Crippen molar-refractivity contribution in [3.63, 3.8) is 0 Å². The van der Waals surface area contributed by atoms with E-state index >= 15 is 0 Å². The van der Waals surface area contributed by atoms with Gasteiger partial charge in [-0.15, -0.1) is 11.3 Å². The molecule has 4 nitrogen and oxygen atoms in total. The molecule has 0 aliphatic carbocycles. The van der Waals surface area contributed by atoms with Gasteiger partial charge in [-0.1, -0.05) is 12.1 Å². The lowest BCUT2D eigenvalue weighted by Gasteiger charge is -2.30. The number of benzene rings is 1. The Labute approximate surface area is 134 Å². The van der Waals surface area contributed by atoms with Crippen molar-refractivity contribution < 1.29 is 9.53 Å². The predicted octanol–water partition coefficient (Wildman–Crippen LogP) is 3.54. The Morgan fingerprint density at radius 3 is 3.09 bits per heavy atom. The van der Waals surface area contributed by atoms with Crippen molar-refractivity contribution in [2.75, 3.05) is 20.2 Å². The molecule has 1 atom stereocenters. The van der Waals surface area contributed by atoms with Gasteiger partial charge in [0.2, 0.25) is 5.91 Å². The van der Waals surface area contributed by atoms with Crippen LogP contribution in [0.15, 0.2) is 29.6 Å². The van der Waals surface area contributed by atoms with Crippen LogP contribution < -0.4 is 4.74 Å². The van der Waals surface area contributed by atoms with Crippen molar-refractivity contribution in [1.29, 1.82) is 0 Å². The van der Waals surface area contributed by atoms with Crippen LogP contribution >= 0.6 is 11.3 Å². The van der Waals surface area contributed by atoms with Gasteiger partial charge in [0.05, 0.1) is 17.8 Å². The van der Waals surface area contributed by atoms with E-state index in [1.165, 1.54) is 0 Å². The molecule has 0 spiro atoms. The zero-order chi connectivity index (χ0) is 15.5. The summed E-state index contributed by atoms with van der Waals surface area (Å²) in [6.07, 6.45) is 2.16. The molecular weight excluding hydrogens is 296 g/mol. The number of nitrogens with zero attached hydrogens (tertiary/aromatic N) is 2. The summed E-state index contributed by atoms with van der Waals surface area (Å²) in [7, 11) is 1.67. The first-order valence-electron chi connectivity index (χ1n) is 7.52. The molecule has 5 heteroatoms. The highest BCUT2D eigenvalue weighted by Gasteiger charge is 2.25. The normalized spacial score (nSPS) is 18.3. The van der Waals surface area contributed by atoms with Crippen molar-refractivity contribution in [1.82, 2.24) is 9.88 Å². The lowest BCUT2D eigenvalue weighted by molar-refractivity contribution is -0.130. The highest BCUT2D eigenvalue weighted by atomic mass is 32.1. The molecule has 1 amide bonds. The molecule has 2 heterocycles. The molecule has 1 aliphatic heterocycles. The Morgan fingerprint density at radius 2 is 2.32 bits per heavy atom. The summed E-state index contributed by atoms with van der Waals surface area (Å²) in [5, 5.41) is 3.22. The SMILES string of the molecule is COc1cccc(-c2csc([C@H]3CCCN(C(C)=O)C3)n2)c1. The third-order valence-corrected chi connectivity index (χ3v) is 5.11. The topological polar surface area (TPSA) is 42.4 Å². The molecule has 0 saturated carbocycles. The largest absolute Gasteiger partial charge is 0.497 e. The summed E-state index contributed by atoms with van der Waals surface area (Å²) in [4.78, 5) is 18.3. The summed E-state index contributed by atoms with van der Waals surface area (Å²) in [6.45, 7) is 3.31. The average molecular weight is 316 g/mol. The zero-order valence-electron chi connectivity index (χ0n) is 12.9. The summed E-state index contributed by atoms with van der Waals surface area (Å²) in [5.41, 5.74) is 2.06. The van der Waals surface area contributed by atoms with Gasteiger partial charge < -0.3 is 9.64 Å². The molecule has 1 fully saturated rings. The van der Waals surface area contributed by atoms with Crippen molar-refractivity contribution in [3.8, 4) is 17.0 Å². The number of carbonyl (C=O) groups is 1. The molecule has 3 rings (SSSR count). The predicted molar refractivity (Wildman–Crippen MR) is 88.3 cm³/mol. The van der Waals surface area contributed by atoms with Gasteiger partial charge in [-0.2, -0.15) is 0 Å². The van der Waals surface area contributed by atoms with Gasteiger partial charge >= 0.3 is 0 Å². The van der Waals surface area contributed by atoms with Crippen LogP contribution in [-0.4, -0.2) is 36.0 Å². The summed E-state index contributed by atoms with van der Waals surface area (Å²) >= 11 is 1.69. The molecule has 116 valence electrons. The van der Waals surface area contributed by atoms with Crippen molar-refractivity contribution in [2.45, 2.75) is 25.7 Å². The Kier molecular flexibility index (Phi) is 4.43. The second kappa shape index (κ2) is 6.48. The van der Waals surface area contributed by atoms with Crippen LogP contribution in [0.5, 0.6) is 5.75 Å². The molecular formula is C17H20N2O2S. The minimum absolute atomic E-state index is 0.161. The van der Waals surface area contributed by atoms with Crippen LogP contribution in [0.4, 0.5) is 0 Å². The molecule has 1 aromatic carbocycles. The van der Waals surface area contributed by atoms with Gasteiger partial charge in [0.1, 0.15) is 5.75 Å². The quantitative estimate of drug-likeness (QED) is 0.870. The zero-order valence-corrected chi connectivity index (χ0v) is 13.7. The Bertz CT molecular complexity index is 668. The van der Waals surface area contributed by atoms with Gasteiger partial charge in [0.25, 0.3) is 0 Å². The van der Waals surface area contributed by atoms with E-state index in [9.17, 15) is 4.79 Å². The number of hydrogen-bond acceptors (Lipinski definition) is 4. The number of likely N-dealkylation sites (tertiary alicyclic amines) is 1. The number of rotatable bonds is 3. The standard InChI is InChI=1S/C17H20N2O2S/c1-12(20)19-8-4-6-14(10-19)17-18-16(11-22-17)13-5-3-7-15(9-13)21-2/h3,5,7,9,11,14H,4,6,8,10H2,1-2H3/t14-/m0/s1. The first-order chi connectivity index (χ1) is 10.7. The molecule has 1 aromatic heterocycles. The van der Waals surface area contributed by atoms with Crippen LogP contribution in [0, 0.1) is 0 Å². The fourth-order valence-electron chi connectivity index (χ4n) is 2.85. The number of amides is 1. The average Bonchev–Trinajstić information content (AvgIpc) is 3.05. The smallest absolute Gasteiger partial charge is 0.219 e. The van der Waals surface area contributed by atoms with Gasteiger partial charge in [-0.05, 0) is 25.0 Å². The molecule has 0 unspecified atom stereocenters. The van der Waals surface area contributed by atoms with Crippen LogP contribution in [0.2, 0.25) is 0 Å². The number of carbonyl (C=O) groups excluding carboxylic acids is 1. The van der Waals surface area contributed by atoms with Crippen molar-refractivity contribution in [2.24, 2.45) is 0 Å². The van der Waals surface area contributed by atoms with E-state index in [0.717, 1.165) is 47.9 Å². The second-order valence-corrected chi connectivity index (χ2v) is 6.50. The van der Waals surface area contributed by atoms with Crippen LogP contribution in [0.25, 0.3) is 11.3 Å². The van der Waals surface area contributed by atoms with E-state index < -0.39 is 0 Å².